The molecule has 1 atom stereocenters. The lowest BCUT2D eigenvalue weighted by Crippen LogP contribution is -2.45. The van der Waals surface area contributed by atoms with Crippen molar-refractivity contribution < 1.29 is 4.74 Å². The first-order valence-corrected chi connectivity index (χ1v) is 9.06. The van der Waals surface area contributed by atoms with E-state index in [0.717, 1.165) is 31.2 Å². The molecule has 2 N–H and O–H groups in total. The summed E-state index contributed by atoms with van der Waals surface area (Å²) in [7, 11) is 1.80. The number of anilines is 1. The number of aromatic nitrogens is 1. The minimum absolute atomic E-state index is 0.391. The number of hydrogen-bond acceptors (Lipinski definition) is 4. The van der Waals surface area contributed by atoms with E-state index < -0.39 is 0 Å². The van der Waals surface area contributed by atoms with Crippen LogP contribution in [0.5, 0.6) is 5.75 Å². The molecular weight excluding hydrogens is 326 g/mol. The maximum atomic E-state index is 5.64. The summed E-state index contributed by atoms with van der Waals surface area (Å²) in [5.74, 6) is 1.59. The van der Waals surface area contributed by atoms with Crippen LogP contribution in [0.25, 0.3) is 0 Å². The Morgan fingerprint density at radius 2 is 2.15 bits per heavy atom. The fourth-order valence-electron chi connectivity index (χ4n) is 3.03. The van der Waals surface area contributed by atoms with Gasteiger partial charge in [-0.3, -0.25) is 9.98 Å². The van der Waals surface area contributed by atoms with Gasteiger partial charge in [-0.25, -0.2) is 0 Å². The Balaban J connectivity index is 1.40. The van der Waals surface area contributed by atoms with Crippen molar-refractivity contribution in [3.8, 4) is 5.75 Å². The molecule has 0 aliphatic carbocycles. The minimum Gasteiger partial charge on any atom is -0.490 e. The van der Waals surface area contributed by atoms with Crippen LogP contribution >= 0.6 is 0 Å². The number of rotatable bonds is 6. The third kappa shape index (κ3) is 5.12. The number of aryl methyl sites for hydroxylation is 1. The zero-order valence-corrected chi connectivity index (χ0v) is 15.5. The number of nitrogens with one attached hydrogen (secondary N) is 2. The van der Waals surface area contributed by atoms with Gasteiger partial charge in [-0.2, -0.15) is 0 Å². The normalized spacial score (nSPS) is 17.2. The molecule has 2 heterocycles. The summed E-state index contributed by atoms with van der Waals surface area (Å²) in [5, 5.41) is 6.81. The highest BCUT2D eigenvalue weighted by atomic mass is 16.5. The van der Waals surface area contributed by atoms with Gasteiger partial charge < -0.3 is 20.3 Å². The highest BCUT2D eigenvalue weighted by Gasteiger charge is 2.23. The molecule has 1 aliphatic rings. The van der Waals surface area contributed by atoms with Crippen LogP contribution in [0, 0.1) is 6.92 Å². The van der Waals surface area contributed by atoms with E-state index in [2.05, 4.69) is 56.7 Å². The Morgan fingerprint density at radius 1 is 1.31 bits per heavy atom. The van der Waals surface area contributed by atoms with E-state index in [0.29, 0.717) is 19.2 Å². The summed E-state index contributed by atoms with van der Waals surface area (Å²) in [6, 6.07) is 12.9. The van der Waals surface area contributed by atoms with Gasteiger partial charge in [0.15, 0.2) is 5.96 Å². The second kappa shape index (κ2) is 9.08. The molecule has 138 valence electrons. The van der Waals surface area contributed by atoms with E-state index in [9.17, 15) is 0 Å². The summed E-state index contributed by atoms with van der Waals surface area (Å²) in [5.41, 5.74) is 2.58. The molecule has 0 saturated carbocycles. The first-order chi connectivity index (χ1) is 12.7. The maximum Gasteiger partial charge on any atom is 0.191 e. The molecule has 1 saturated heterocycles. The molecular formula is C20H27N5O. The summed E-state index contributed by atoms with van der Waals surface area (Å²) < 4.78 is 5.64. The van der Waals surface area contributed by atoms with E-state index in [1.165, 1.54) is 11.3 Å². The number of aliphatic imine (C=N–C) groups is 1. The number of benzene rings is 1. The average Bonchev–Trinajstić information content (AvgIpc) is 3.14. The lowest BCUT2D eigenvalue weighted by Gasteiger charge is -2.20. The molecule has 26 heavy (non-hydrogen) atoms. The van der Waals surface area contributed by atoms with E-state index in [4.69, 9.17) is 4.74 Å². The highest BCUT2D eigenvalue weighted by molar-refractivity contribution is 5.80. The molecule has 0 spiro atoms. The quantitative estimate of drug-likeness (QED) is 0.474. The van der Waals surface area contributed by atoms with Crippen molar-refractivity contribution in [1.29, 1.82) is 0 Å². The van der Waals surface area contributed by atoms with Crippen molar-refractivity contribution in [2.45, 2.75) is 19.4 Å². The fourth-order valence-corrected chi connectivity index (χ4v) is 3.03. The molecule has 0 bridgehead atoms. The van der Waals surface area contributed by atoms with Crippen molar-refractivity contribution in [3.05, 3.63) is 54.4 Å². The monoisotopic (exact) mass is 353 g/mol. The molecule has 2 aromatic rings. The predicted molar refractivity (Wildman–Crippen MR) is 106 cm³/mol. The lowest BCUT2D eigenvalue weighted by atomic mass is 10.2. The Bertz CT molecular complexity index is 702. The lowest BCUT2D eigenvalue weighted by molar-refractivity contribution is 0.320. The molecule has 1 aliphatic heterocycles. The Morgan fingerprint density at radius 3 is 2.88 bits per heavy atom. The van der Waals surface area contributed by atoms with Crippen molar-refractivity contribution in [2.24, 2.45) is 4.99 Å². The van der Waals surface area contributed by atoms with Gasteiger partial charge in [0.05, 0.1) is 12.7 Å². The minimum atomic E-state index is 0.391. The molecule has 1 unspecified atom stereocenters. The Labute approximate surface area is 155 Å². The number of nitrogens with zero attached hydrogens (tertiary/aromatic N) is 3. The number of ether oxygens (including phenoxy) is 1. The van der Waals surface area contributed by atoms with Crippen molar-refractivity contribution >= 4 is 11.6 Å². The molecule has 1 aromatic carbocycles. The van der Waals surface area contributed by atoms with Crippen LogP contribution in [-0.4, -0.2) is 50.3 Å². The zero-order chi connectivity index (χ0) is 18.2. The fraction of sp³-hybridized carbons (Fsp3) is 0.400. The van der Waals surface area contributed by atoms with Crippen LogP contribution in [0.4, 0.5) is 5.69 Å². The summed E-state index contributed by atoms with van der Waals surface area (Å²) in [6.45, 7) is 5.40. The molecule has 6 nitrogen and oxygen atoms in total. The van der Waals surface area contributed by atoms with Gasteiger partial charge in [0.1, 0.15) is 12.4 Å². The van der Waals surface area contributed by atoms with Gasteiger partial charge in [-0.15, -0.1) is 0 Å². The summed E-state index contributed by atoms with van der Waals surface area (Å²) in [4.78, 5) is 10.8. The third-order valence-electron chi connectivity index (χ3n) is 4.45. The van der Waals surface area contributed by atoms with Crippen LogP contribution in [-0.2, 0) is 0 Å². The Hall–Kier alpha value is -2.76. The average molecular weight is 353 g/mol. The number of hydrogen-bond donors (Lipinski definition) is 2. The first kappa shape index (κ1) is 18.0. The van der Waals surface area contributed by atoms with E-state index >= 15 is 0 Å². The smallest absolute Gasteiger partial charge is 0.191 e. The van der Waals surface area contributed by atoms with Gasteiger partial charge in [0, 0.05) is 38.1 Å². The Kier molecular flexibility index (Phi) is 6.30. The van der Waals surface area contributed by atoms with Crippen molar-refractivity contribution in [3.63, 3.8) is 0 Å². The van der Waals surface area contributed by atoms with Crippen molar-refractivity contribution in [1.82, 2.24) is 15.6 Å². The number of guanidine groups is 1. The van der Waals surface area contributed by atoms with Crippen LogP contribution in [0.15, 0.2) is 53.8 Å². The second-order valence-corrected chi connectivity index (χ2v) is 6.45. The summed E-state index contributed by atoms with van der Waals surface area (Å²) in [6.07, 6.45) is 4.55. The van der Waals surface area contributed by atoms with Crippen molar-refractivity contribution in [2.75, 3.05) is 38.2 Å². The SMILES string of the molecule is CN=C(NCCOc1cccnc1)NC1CCN(c2ccc(C)cc2)C1. The maximum absolute atomic E-state index is 5.64. The van der Waals surface area contributed by atoms with E-state index in [-0.39, 0.29) is 0 Å². The topological polar surface area (TPSA) is 61.8 Å². The molecule has 6 heteroatoms. The largest absolute Gasteiger partial charge is 0.490 e. The van der Waals surface area contributed by atoms with Crippen LogP contribution in [0.1, 0.15) is 12.0 Å². The van der Waals surface area contributed by atoms with Gasteiger partial charge in [0.25, 0.3) is 0 Å². The van der Waals surface area contributed by atoms with Gasteiger partial charge in [0.2, 0.25) is 0 Å². The predicted octanol–water partition coefficient (Wildman–Crippen LogP) is 2.21. The molecule has 3 rings (SSSR count). The van der Waals surface area contributed by atoms with Gasteiger partial charge in [-0.1, -0.05) is 17.7 Å². The van der Waals surface area contributed by atoms with Gasteiger partial charge >= 0.3 is 0 Å². The standard InChI is InChI=1S/C20H27N5O/c1-16-5-7-18(8-6-16)25-12-9-17(15-25)24-20(21-2)23-11-13-26-19-4-3-10-22-14-19/h3-8,10,14,17H,9,11-13,15H2,1-2H3,(H2,21,23,24). The van der Waals surface area contributed by atoms with E-state index in [1.807, 2.05) is 12.1 Å². The highest BCUT2D eigenvalue weighted by Crippen LogP contribution is 2.20. The van der Waals surface area contributed by atoms with E-state index in [1.54, 1.807) is 19.4 Å². The first-order valence-electron chi connectivity index (χ1n) is 9.06. The van der Waals surface area contributed by atoms with Gasteiger partial charge in [-0.05, 0) is 37.6 Å². The number of pyridine rings is 1. The molecule has 1 aromatic heterocycles. The molecule has 0 amide bonds. The molecule has 0 radical (unpaired) electrons. The van der Waals surface area contributed by atoms with Crippen LogP contribution in [0.2, 0.25) is 0 Å². The summed E-state index contributed by atoms with van der Waals surface area (Å²) >= 11 is 0. The third-order valence-corrected chi connectivity index (χ3v) is 4.45. The molecule has 1 fully saturated rings. The second-order valence-electron chi connectivity index (χ2n) is 6.45. The van der Waals surface area contributed by atoms with Crippen LogP contribution in [0.3, 0.4) is 0 Å². The zero-order valence-electron chi connectivity index (χ0n) is 15.5. The van der Waals surface area contributed by atoms with Crippen LogP contribution < -0.4 is 20.3 Å².